The molecule has 1 heterocycles. The van der Waals surface area contributed by atoms with Gasteiger partial charge in [0.2, 0.25) is 0 Å². The van der Waals surface area contributed by atoms with Crippen LogP contribution in [0.25, 0.3) is 0 Å². The van der Waals surface area contributed by atoms with Crippen molar-refractivity contribution in [2.45, 2.75) is 31.2 Å². The molecule has 1 spiro atoms. The maximum atomic E-state index is 3.90. The molecule has 1 fully saturated rings. The summed E-state index contributed by atoms with van der Waals surface area (Å²) in [7, 11) is -0.531. The summed E-state index contributed by atoms with van der Waals surface area (Å²) in [5.74, 6) is 0. The van der Waals surface area contributed by atoms with E-state index >= 15 is 0 Å². The summed E-state index contributed by atoms with van der Waals surface area (Å²) in [4.78, 5) is 0. The molecule has 0 amide bonds. The molecule has 2 heteroatoms. The first-order chi connectivity index (χ1) is 12.9. The van der Waals surface area contributed by atoms with Crippen LogP contribution >= 0.6 is 7.92 Å². The summed E-state index contributed by atoms with van der Waals surface area (Å²) in [6.45, 7) is 1.16. The van der Waals surface area contributed by atoms with Crippen LogP contribution in [0.3, 0.4) is 0 Å². The zero-order chi connectivity index (χ0) is 17.4. The lowest BCUT2D eigenvalue weighted by molar-refractivity contribution is 0.391. The van der Waals surface area contributed by atoms with Gasteiger partial charge in [0.1, 0.15) is 0 Å². The van der Waals surface area contributed by atoms with Gasteiger partial charge in [0.05, 0.1) is 0 Å². The number of hydrogen-bond acceptors (Lipinski definition) is 1. The second kappa shape index (κ2) is 6.65. The summed E-state index contributed by atoms with van der Waals surface area (Å²) in [6, 6.07) is 29.2. The third-order valence-electron chi connectivity index (χ3n) is 5.94. The van der Waals surface area contributed by atoms with Crippen LogP contribution in [-0.2, 0) is 12.0 Å². The summed E-state index contributed by atoms with van der Waals surface area (Å²) in [5, 5.41) is 8.35. The highest BCUT2D eigenvalue weighted by Crippen LogP contribution is 2.46. The van der Waals surface area contributed by atoms with Gasteiger partial charge in [-0.25, -0.2) is 0 Å². The average molecular weight is 357 g/mol. The predicted octanol–water partition coefficient (Wildman–Crippen LogP) is 3.97. The van der Waals surface area contributed by atoms with E-state index in [1.165, 1.54) is 36.3 Å². The highest BCUT2D eigenvalue weighted by atomic mass is 31.1. The molecule has 1 aliphatic carbocycles. The number of aryl methyl sites for hydroxylation is 1. The van der Waals surface area contributed by atoms with E-state index in [1.54, 1.807) is 16.4 Å². The molecule has 5 rings (SSSR count). The smallest absolute Gasteiger partial charge is 0.0447 e. The molecule has 1 nitrogen and oxygen atoms in total. The second-order valence-electron chi connectivity index (χ2n) is 7.43. The molecule has 0 saturated carbocycles. The van der Waals surface area contributed by atoms with E-state index in [0.29, 0.717) is 0 Å². The number of nitrogens with one attached hydrogen (secondary N) is 1. The van der Waals surface area contributed by atoms with Crippen molar-refractivity contribution in [3.05, 3.63) is 90.0 Å². The molecule has 1 atom stereocenters. The van der Waals surface area contributed by atoms with Crippen LogP contribution in [0, 0.1) is 0 Å². The van der Waals surface area contributed by atoms with Crippen LogP contribution in [0.2, 0.25) is 0 Å². The number of rotatable bonds is 3. The van der Waals surface area contributed by atoms with Crippen LogP contribution in [0.15, 0.2) is 78.9 Å². The Labute approximate surface area is 157 Å². The molecule has 0 aromatic heterocycles. The highest BCUT2D eigenvalue weighted by Gasteiger charge is 2.43. The SMILES string of the molecule is c1ccc(P(c2ccccc2)c2cccc3c2[C@@]2(CCCN2)CC3)cc1. The van der Waals surface area contributed by atoms with E-state index in [1.807, 2.05) is 0 Å². The minimum atomic E-state index is -0.531. The van der Waals surface area contributed by atoms with Crippen molar-refractivity contribution in [2.24, 2.45) is 0 Å². The quantitative estimate of drug-likeness (QED) is 0.700. The molecule has 1 saturated heterocycles. The van der Waals surface area contributed by atoms with E-state index in [4.69, 9.17) is 0 Å². The summed E-state index contributed by atoms with van der Waals surface area (Å²) in [6.07, 6.45) is 5.04. The van der Waals surface area contributed by atoms with Crippen molar-refractivity contribution >= 4 is 23.8 Å². The van der Waals surface area contributed by atoms with Gasteiger partial charge in [-0.2, -0.15) is 0 Å². The maximum absolute atomic E-state index is 3.90. The number of benzene rings is 3. The molecule has 130 valence electrons. The zero-order valence-corrected chi connectivity index (χ0v) is 15.9. The number of hydrogen-bond donors (Lipinski definition) is 1. The van der Waals surface area contributed by atoms with Crippen molar-refractivity contribution in [2.75, 3.05) is 6.54 Å². The van der Waals surface area contributed by atoms with Crippen LogP contribution in [-0.4, -0.2) is 6.54 Å². The third-order valence-corrected chi connectivity index (χ3v) is 8.43. The minimum Gasteiger partial charge on any atom is -0.307 e. The summed E-state index contributed by atoms with van der Waals surface area (Å²) >= 11 is 0. The lowest BCUT2D eigenvalue weighted by atomic mass is 9.90. The Kier molecular flexibility index (Phi) is 4.15. The fraction of sp³-hybridized carbons (Fsp3) is 0.250. The van der Waals surface area contributed by atoms with Gasteiger partial charge in [0, 0.05) is 5.54 Å². The molecule has 26 heavy (non-hydrogen) atoms. The van der Waals surface area contributed by atoms with Gasteiger partial charge < -0.3 is 5.32 Å². The monoisotopic (exact) mass is 357 g/mol. The molecule has 0 bridgehead atoms. The van der Waals surface area contributed by atoms with Gasteiger partial charge in [-0.3, -0.25) is 0 Å². The molecule has 3 aromatic rings. The Morgan fingerprint density at radius 2 is 1.42 bits per heavy atom. The van der Waals surface area contributed by atoms with Crippen molar-refractivity contribution in [1.29, 1.82) is 0 Å². The second-order valence-corrected chi connectivity index (χ2v) is 9.62. The van der Waals surface area contributed by atoms with Gasteiger partial charge in [-0.15, -0.1) is 0 Å². The van der Waals surface area contributed by atoms with Gasteiger partial charge in [-0.05, 0) is 67.2 Å². The average Bonchev–Trinajstić information content (AvgIpc) is 3.33. The zero-order valence-electron chi connectivity index (χ0n) is 15.0. The van der Waals surface area contributed by atoms with Gasteiger partial charge in [-0.1, -0.05) is 78.9 Å². The Morgan fingerprint density at radius 3 is 2.04 bits per heavy atom. The maximum Gasteiger partial charge on any atom is 0.0447 e. The van der Waals surface area contributed by atoms with Gasteiger partial charge in [0.15, 0.2) is 0 Å². The van der Waals surface area contributed by atoms with E-state index in [-0.39, 0.29) is 5.54 Å². The molecule has 1 aliphatic heterocycles. The topological polar surface area (TPSA) is 12.0 Å². The van der Waals surface area contributed by atoms with Gasteiger partial charge in [0.25, 0.3) is 0 Å². The normalized spacial score (nSPS) is 21.4. The van der Waals surface area contributed by atoms with Crippen LogP contribution in [0.4, 0.5) is 0 Å². The van der Waals surface area contributed by atoms with Crippen molar-refractivity contribution in [3.8, 4) is 0 Å². The van der Waals surface area contributed by atoms with E-state index < -0.39 is 7.92 Å². The standard InChI is InChI=1S/C24H24NP/c1-3-10-20(11-4-1)26(21-12-5-2-6-13-21)22-14-7-9-19-15-17-24(23(19)22)16-8-18-25-24/h1-7,9-14,25H,8,15-18H2/t24-/m1/s1. The van der Waals surface area contributed by atoms with E-state index in [9.17, 15) is 0 Å². The van der Waals surface area contributed by atoms with Crippen LogP contribution in [0.1, 0.15) is 30.4 Å². The number of fused-ring (bicyclic) bond motifs is 2. The van der Waals surface area contributed by atoms with Crippen molar-refractivity contribution in [3.63, 3.8) is 0 Å². The Balaban J connectivity index is 1.73. The van der Waals surface area contributed by atoms with Gasteiger partial charge >= 0.3 is 0 Å². The van der Waals surface area contributed by atoms with Crippen molar-refractivity contribution < 1.29 is 0 Å². The first kappa shape index (κ1) is 16.2. The highest BCUT2D eigenvalue weighted by molar-refractivity contribution is 7.79. The molecule has 2 aliphatic rings. The Morgan fingerprint density at radius 1 is 0.731 bits per heavy atom. The molecular formula is C24H24NP. The molecule has 0 unspecified atom stereocenters. The first-order valence-corrected chi connectivity index (χ1v) is 11.0. The lowest BCUT2D eigenvalue weighted by Gasteiger charge is -2.31. The molecule has 3 aromatic carbocycles. The van der Waals surface area contributed by atoms with Crippen LogP contribution < -0.4 is 21.2 Å². The van der Waals surface area contributed by atoms with Crippen molar-refractivity contribution in [1.82, 2.24) is 5.32 Å². The van der Waals surface area contributed by atoms with E-state index in [2.05, 4.69) is 84.2 Å². The Bertz CT molecular complexity index is 859. The van der Waals surface area contributed by atoms with E-state index in [0.717, 1.165) is 6.54 Å². The summed E-state index contributed by atoms with van der Waals surface area (Å²) in [5.41, 5.74) is 3.41. The van der Waals surface area contributed by atoms with Crippen LogP contribution in [0.5, 0.6) is 0 Å². The first-order valence-electron chi connectivity index (χ1n) is 9.65. The molecule has 0 radical (unpaired) electrons. The largest absolute Gasteiger partial charge is 0.307 e. The lowest BCUT2D eigenvalue weighted by Crippen LogP contribution is -2.39. The molecular weight excluding hydrogens is 333 g/mol. The molecule has 1 N–H and O–H groups in total. The fourth-order valence-corrected chi connectivity index (χ4v) is 7.43. The Hall–Kier alpha value is -1.95. The third kappa shape index (κ3) is 2.62. The predicted molar refractivity (Wildman–Crippen MR) is 112 cm³/mol. The fourth-order valence-electron chi connectivity index (χ4n) is 4.82. The summed E-state index contributed by atoms with van der Waals surface area (Å²) < 4.78 is 0. The minimum absolute atomic E-state index is 0.218.